The number of benzene rings is 3. The molecule has 0 radical (unpaired) electrons. The van der Waals surface area contributed by atoms with E-state index in [-0.39, 0.29) is 35.8 Å². The minimum Gasteiger partial charge on any atom is -0.466 e. The Hall–Kier alpha value is -4.66. The number of carbonyl (C=O) groups excluding carboxylic acids is 3. The molecule has 2 amide bonds. The van der Waals surface area contributed by atoms with Crippen LogP contribution in [0.4, 0.5) is 5.69 Å². The highest BCUT2D eigenvalue weighted by atomic mass is 16.5. The highest BCUT2D eigenvalue weighted by Crippen LogP contribution is 2.32. The summed E-state index contributed by atoms with van der Waals surface area (Å²) in [5.41, 5.74) is 3.26. The number of aromatic nitrogens is 2. The molecule has 1 saturated carbocycles. The Morgan fingerprint density at radius 2 is 1.64 bits per heavy atom. The van der Waals surface area contributed by atoms with Crippen LogP contribution in [0.1, 0.15) is 73.8 Å². The van der Waals surface area contributed by atoms with Crippen LogP contribution in [0.2, 0.25) is 0 Å². The molecule has 0 bridgehead atoms. The fraction of sp³-hybridized carbons (Fsp3) is 0.371. The first-order valence-corrected chi connectivity index (χ1v) is 15.6. The molecule has 9 nitrogen and oxygen atoms in total. The molecule has 0 unspecified atom stereocenters. The number of esters is 1. The number of nitrogens with one attached hydrogen (secondary N) is 1. The maximum Gasteiger partial charge on any atom is 0.310 e. The molecule has 0 spiro atoms. The summed E-state index contributed by atoms with van der Waals surface area (Å²) in [7, 11) is 0. The van der Waals surface area contributed by atoms with E-state index in [0.717, 1.165) is 42.5 Å². The van der Waals surface area contributed by atoms with Gasteiger partial charge in [0.25, 0.3) is 11.5 Å². The average molecular weight is 595 g/mol. The number of para-hydroxylation sites is 1. The highest BCUT2D eigenvalue weighted by Gasteiger charge is 2.35. The molecule has 6 rings (SSSR count). The van der Waals surface area contributed by atoms with Crippen molar-refractivity contribution in [2.24, 2.45) is 0 Å². The van der Waals surface area contributed by atoms with Crippen LogP contribution in [0.15, 0.2) is 77.6 Å². The first kappa shape index (κ1) is 29.4. The number of likely N-dealkylation sites (tertiary alicyclic amines) is 1. The largest absolute Gasteiger partial charge is 0.466 e. The maximum atomic E-state index is 13.9. The third-order valence-corrected chi connectivity index (χ3v) is 8.74. The number of fused-ring (bicyclic) bond motifs is 1. The standard InChI is InChI=1S/C35H38N4O5/c1-2-44-32(40)22-24-15-18-26(19-16-24)36-33(41)31-14-9-21-37(31)34(42)25-17-20-30-29(23-25)35(43)39(28-12-7-4-8-13-28)38(30)27-10-5-3-6-11-27/h4,7-8,12-13,15-20,23,27,31H,2-3,5-6,9-11,14,21-22H2,1H3,(H,36,41)/t31-/m0/s1. The van der Waals surface area contributed by atoms with Gasteiger partial charge in [0.1, 0.15) is 6.04 Å². The number of hydrogen-bond donors (Lipinski definition) is 1. The number of hydrogen-bond acceptors (Lipinski definition) is 5. The van der Waals surface area contributed by atoms with E-state index in [1.165, 1.54) is 6.42 Å². The topological polar surface area (TPSA) is 103 Å². The third kappa shape index (κ3) is 5.91. The number of ether oxygens (including phenoxy) is 1. The lowest BCUT2D eigenvalue weighted by molar-refractivity contribution is -0.142. The average Bonchev–Trinajstić information content (AvgIpc) is 3.66. The Balaban J connectivity index is 1.24. The Morgan fingerprint density at radius 3 is 2.36 bits per heavy atom. The molecule has 3 aromatic carbocycles. The number of amides is 2. The Kier molecular flexibility index (Phi) is 8.63. The van der Waals surface area contributed by atoms with Crippen LogP contribution in [0, 0.1) is 0 Å². The molecule has 1 aliphatic carbocycles. The van der Waals surface area contributed by atoms with Gasteiger partial charge in [-0.3, -0.25) is 23.9 Å². The first-order valence-electron chi connectivity index (χ1n) is 15.6. The minimum atomic E-state index is -0.620. The molecule has 2 heterocycles. The van der Waals surface area contributed by atoms with Gasteiger partial charge in [0.2, 0.25) is 5.91 Å². The molecule has 1 saturated heterocycles. The summed E-state index contributed by atoms with van der Waals surface area (Å²) in [4.78, 5) is 54.4. The van der Waals surface area contributed by atoms with Crippen LogP contribution in [0.25, 0.3) is 16.6 Å². The second-order valence-electron chi connectivity index (χ2n) is 11.6. The quantitative estimate of drug-likeness (QED) is 0.266. The summed E-state index contributed by atoms with van der Waals surface area (Å²) in [6.45, 7) is 2.56. The van der Waals surface area contributed by atoms with Gasteiger partial charge in [-0.2, -0.15) is 0 Å². The van der Waals surface area contributed by atoms with Crippen molar-refractivity contribution in [3.8, 4) is 5.69 Å². The van der Waals surface area contributed by atoms with Crippen molar-refractivity contribution in [2.75, 3.05) is 18.5 Å². The van der Waals surface area contributed by atoms with E-state index >= 15 is 0 Å². The molecular formula is C35H38N4O5. The summed E-state index contributed by atoms with van der Waals surface area (Å²) in [6, 6.07) is 21.7. The van der Waals surface area contributed by atoms with Crippen LogP contribution in [0.3, 0.4) is 0 Å². The van der Waals surface area contributed by atoms with Crippen molar-refractivity contribution in [1.82, 2.24) is 14.3 Å². The predicted molar refractivity (Wildman–Crippen MR) is 169 cm³/mol. The zero-order valence-electron chi connectivity index (χ0n) is 25.0. The lowest BCUT2D eigenvalue weighted by Crippen LogP contribution is -2.43. The van der Waals surface area contributed by atoms with Crippen molar-refractivity contribution < 1.29 is 19.1 Å². The Morgan fingerprint density at radius 1 is 0.886 bits per heavy atom. The van der Waals surface area contributed by atoms with E-state index in [1.807, 2.05) is 36.4 Å². The van der Waals surface area contributed by atoms with Gasteiger partial charge in [0, 0.05) is 17.8 Å². The molecule has 4 aromatic rings. The molecule has 228 valence electrons. The van der Waals surface area contributed by atoms with E-state index in [2.05, 4.69) is 10.00 Å². The summed E-state index contributed by atoms with van der Waals surface area (Å²) in [6.07, 6.45) is 6.90. The molecule has 9 heteroatoms. The SMILES string of the molecule is CCOC(=O)Cc1ccc(NC(=O)[C@@H]2CCCN2C(=O)c2ccc3c(c2)c(=O)n(-c2ccccc2)n3C2CCCCC2)cc1. The van der Waals surface area contributed by atoms with Gasteiger partial charge in [-0.15, -0.1) is 0 Å². The summed E-state index contributed by atoms with van der Waals surface area (Å²) >= 11 is 0. The normalized spacial score (nSPS) is 17.1. The van der Waals surface area contributed by atoms with E-state index in [1.54, 1.807) is 52.9 Å². The zero-order chi connectivity index (χ0) is 30.6. The third-order valence-electron chi connectivity index (χ3n) is 8.74. The molecule has 1 aromatic heterocycles. The molecule has 44 heavy (non-hydrogen) atoms. The second kappa shape index (κ2) is 12.9. The number of carbonyl (C=O) groups is 3. The lowest BCUT2D eigenvalue weighted by atomic mass is 9.95. The summed E-state index contributed by atoms with van der Waals surface area (Å²) in [5, 5.41) is 3.43. The predicted octanol–water partition coefficient (Wildman–Crippen LogP) is 5.65. The van der Waals surface area contributed by atoms with Gasteiger partial charge in [-0.05, 0) is 80.6 Å². The number of nitrogens with zero attached hydrogens (tertiary/aromatic N) is 3. The van der Waals surface area contributed by atoms with Gasteiger partial charge < -0.3 is 15.0 Å². The van der Waals surface area contributed by atoms with E-state index in [0.29, 0.717) is 42.6 Å². The van der Waals surface area contributed by atoms with Crippen LogP contribution in [-0.4, -0.2) is 51.2 Å². The van der Waals surface area contributed by atoms with Gasteiger partial charge in [0.15, 0.2) is 0 Å². The van der Waals surface area contributed by atoms with Crippen molar-refractivity contribution in [2.45, 2.75) is 70.4 Å². The van der Waals surface area contributed by atoms with E-state index in [4.69, 9.17) is 4.74 Å². The minimum absolute atomic E-state index is 0.145. The van der Waals surface area contributed by atoms with Gasteiger partial charge in [-0.1, -0.05) is 49.6 Å². The molecule has 2 fully saturated rings. The second-order valence-corrected chi connectivity index (χ2v) is 11.6. The highest BCUT2D eigenvalue weighted by molar-refractivity contribution is 6.03. The van der Waals surface area contributed by atoms with Crippen LogP contribution < -0.4 is 10.9 Å². The molecule has 2 aliphatic rings. The van der Waals surface area contributed by atoms with Crippen molar-refractivity contribution in [1.29, 1.82) is 0 Å². The lowest BCUT2D eigenvalue weighted by Gasteiger charge is -2.27. The number of rotatable bonds is 8. The summed E-state index contributed by atoms with van der Waals surface area (Å²) in [5.74, 6) is -0.817. The fourth-order valence-corrected chi connectivity index (χ4v) is 6.61. The van der Waals surface area contributed by atoms with Gasteiger partial charge in [-0.25, -0.2) is 4.68 Å². The van der Waals surface area contributed by atoms with Crippen molar-refractivity contribution in [3.63, 3.8) is 0 Å². The Labute approximate surface area is 256 Å². The van der Waals surface area contributed by atoms with Gasteiger partial charge in [0.05, 0.1) is 35.7 Å². The van der Waals surface area contributed by atoms with Crippen LogP contribution >= 0.6 is 0 Å². The van der Waals surface area contributed by atoms with Crippen molar-refractivity contribution >= 4 is 34.4 Å². The molecule has 1 aliphatic heterocycles. The van der Waals surface area contributed by atoms with E-state index in [9.17, 15) is 19.2 Å². The van der Waals surface area contributed by atoms with Crippen molar-refractivity contribution in [3.05, 3.63) is 94.3 Å². The smallest absolute Gasteiger partial charge is 0.310 e. The van der Waals surface area contributed by atoms with E-state index < -0.39 is 6.04 Å². The molecule has 1 atom stereocenters. The monoisotopic (exact) mass is 594 g/mol. The van der Waals surface area contributed by atoms with Crippen LogP contribution in [-0.2, 0) is 20.7 Å². The Bertz CT molecular complexity index is 1720. The molecule has 1 N–H and O–H groups in total. The first-order chi connectivity index (χ1) is 21.4. The fourth-order valence-electron chi connectivity index (χ4n) is 6.61. The maximum absolute atomic E-state index is 13.9. The van der Waals surface area contributed by atoms with Crippen LogP contribution in [0.5, 0.6) is 0 Å². The zero-order valence-corrected chi connectivity index (χ0v) is 25.0. The van der Waals surface area contributed by atoms with Gasteiger partial charge >= 0.3 is 5.97 Å². The summed E-state index contributed by atoms with van der Waals surface area (Å²) < 4.78 is 8.89. The molecular weight excluding hydrogens is 556 g/mol. The number of anilines is 1.